The van der Waals surface area contributed by atoms with E-state index in [1.165, 1.54) is 27.9 Å². The maximum absolute atomic E-state index is 14.2. The first-order valence-corrected chi connectivity index (χ1v) is 27.7. The smallest absolute Gasteiger partial charge is 0.416 e. The van der Waals surface area contributed by atoms with E-state index in [4.69, 9.17) is 23.7 Å². The number of amides is 4. The molecule has 0 bridgehead atoms. The number of halogens is 3. The maximum atomic E-state index is 14.2. The summed E-state index contributed by atoms with van der Waals surface area (Å²) in [5.41, 5.74) is 6.31. The maximum Gasteiger partial charge on any atom is 0.416 e. The van der Waals surface area contributed by atoms with E-state index in [1.54, 1.807) is 42.2 Å². The summed E-state index contributed by atoms with van der Waals surface area (Å²) >= 11 is 1.56. The molecular weight excluding hydrogens is 1090 g/mol. The van der Waals surface area contributed by atoms with E-state index in [0.717, 1.165) is 39.5 Å². The molecule has 2 aliphatic heterocycles. The number of pyridine rings is 2. The summed E-state index contributed by atoms with van der Waals surface area (Å²) in [6.07, 6.45) is -0.806. The minimum absolute atomic E-state index is 0.0552. The average Bonchev–Trinajstić information content (AvgIpc) is 4.28. The number of carbonyl (C=O) groups excluding carboxylic acids is 4. The van der Waals surface area contributed by atoms with Crippen molar-refractivity contribution in [1.29, 1.82) is 0 Å². The predicted molar refractivity (Wildman–Crippen MR) is 298 cm³/mol. The summed E-state index contributed by atoms with van der Waals surface area (Å²) < 4.78 is 70.1. The van der Waals surface area contributed by atoms with Gasteiger partial charge in [-0.05, 0) is 67.6 Å². The van der Waals surface area contributed by atoms with Crippen LogP contribution in [0.25, 0.3) is 21.6 Å². The van der Waals surface area contributed by atoms with Gasteiger partial charge >= 0.3 is 6.18 Å². The number of anilines is 2. The molecule has 4 aromatic heterocycles. The Morgan fingerprint density at radius 1 is 0.854 bits per heavy atom. The molecule has 21 nitrogen and oxygen atoms in total. The number of aryl methyl sites for hydroxylation is 2. The molecule has 6 aromatic rings. The molecule has 25 heteroatoms. The Bertz CT molecular complexity index is 3150. The molecule has 82 heavy (non-hydrogen) atoms. The number of nitrogens with zero attached hydrogens (tertiary/aromatic N) is 8. The Kier molecular flexibility index (Phi) is 20.4. The number of rotatable bonds is 24. The van der Waals surface area contributed by atoms with Crippen molar-refractivity contribution in [1.82, 2.24) is 45.5 Å². The zero-order valence-corrected chi connectivity index (χ0v) is 47.3. The third-order valence-electron chi connectivity index (χ3n) is 13.7. The van der Waals surface area contributed by atoms with Crippen LogP contribution in [-0.4, -0.2) is 154 Å². The molecule has 0 aliphatic carbocycles. The molecule has 2 saturated heterocycles. The van der Waals surface area contributed by atoms with E-state index in [1.807, 2.05) is 65.0 Å². The number of thiazole rings is 1. The van der Waals surface area contributed by atoms with Crippen LogP contribution in [0, 0.1) is 19.3 Å². The highest BCUT2D eigenvalue weighted by molar-refractivity contribution is 7.13. The minimum atomic E-state index is -4.59. The quantitative estimate of drug-likeness (QED) is 0.0468. The number of β-amino-alcohol motifs (C(OH)–C–C–N with tert-alkyl or cyclic N) is 1. The zero-order chi connectivity index (χ0) is 58.6. The highest BCUT2D eigenvalue weighted by Gasteiger charge is 2.45. The van der Waals surface area contributed by atoms with Gasteiger partial charge < -0.3 is 54.5 Å². The fourth-order valence-electron chi connectivity index (χ4n) is 9.33. The first kappa shape index (κ1) is 60.7. The van der Waals surface area contributed by atoms with Crippen molar-refractivity contribution in [3.8, 4) is 27.4 Å². The number of aliphatic hydroxyl groups excluding tert-OH is 1. The van der Waals surface area contributed by atoms with Crippen LogP contribution in [0.15, 0.2) is 84.8 Å². The summed E-state index contributed by atoms with van der Waals surface area (Å²) in [6.45, 7) is 14.6. The van der Waals surface area contributed by atoms with Gasteiger partial charge in [-0.2, -0.15) is 13.2 Å². The molecule has 0 saturated carbocycles. The topological polar surface area (TPSA) is 247 Å². The van der Waals surface area contributed by atoms with E-state index in [-0.39, 0.29) is 70.8 Å². The molecule has 438 valence electrons. The van der Waals surface area contributed by atoms with Gasteiger partial charge in [-0.1, -0.05) is 56.3 Å². The van der Waals surface area contributed by atoms with Crippen molar-refractivity contribution in [2.45, 2.75) is 91.5 Å². The number of benzene rings is 2. The van der Waals surface area contributed by atoms with Crippen LogP contribution in [0.1, 0.15) is 78.7 Å². The zero-order valence-electron chi connectivity index (χ0n) is 46.5. The van der Waals surface area contributed by atoms with Gasteiger partial charge in [0.05, 0.1) is 105 Å². The van der Waals surface area contributed by atoms with E-state index in [0.29, 0.717) is 67.0 Å². The number of likely N-dealkylation sites (tertiary alicyclic amines) is 1. The number of aromatic nitrogens is 6. The Labute approximate surface area is 476 Å². The fraction of sp³-hybridized carbons (Fsp3) is 0.456. The molecule has 8 rings (SSSR count). The van der Waals surface area contributed by atoms with E-state index in [2.05, 4.69) is 46.1 Å². The van der Waals surface area contributed by atoms with Gasteiger partial charge in [0.15, 0.2) is 0 Å². The van der Waals surface area contributed by atoms with Crippen molar-refractivity contribution >= 4 is 46.3 Å². The van der Waals surface area contributed by atoms with Crippen molar-refractivity contribution < 1.29 is 61.1 Å². The van der Waals surface area contributed by atoms with Crippen LogP contribution >= 0.6 is 11.3 Å². The van der Waals surface area contributed by atoms with Crippen LogP contribution in [-0.2, 0) is 52.7 Å². The van der Waals surface area contributed by atoms with Crippen LogP contribution in [0.2, 0.25) is 0 Å². The summed E-state index contributed by atoms with van der Waals surface area (Å²) in [5, 5.41) is 27.4. The standard InChI is InChI=1S/C57H68F3N11O10S/c1-35(38-10-12-39(13-11-38)50-37(3)63-34-82-50)64-53(75)47-27-45(72)31-71(47)55(76)51(56(4,5)6)66-49(73)32-70-30-44(67-68-70)33-80-21-20-78-18-19-79-22-23-81-54-48(69-14-16-77-17-15-69)25-41(28-62-54)46-26-43(29-61-36(46)2)65-52(74)40-8-7-9-42(24-40)57(58,59)60/h7-13,24-26,28-30,34-35,45,47,51,72H,14-23,27,31-33H2,1-6H3,(H,64,75)(H,65,74)(H,66,73)/t35-,45+,47-,51-/m0/s1. The van der Waals surface area contributed by atoms with Gasteiger partial charge in [-0.15, -0.1) is 16.4 Å². The minimum Gasteiger partial charge on any atom is -0.474 e. The third-order valence-corrected chi connectivity index (χ3v) is 14.7. The first-order valence-electron chi connectivity index (χ1n) is 26.8. The summed E-state index contributed by atoms with van der Waals surface area (Å²) in [7, 11) is 0. The highest BCUT2D eigenvalue weighted by atomic mass is 32.1. The molecule has 6 heterocycles. The lowest BCUT2D eigenvalue weighted by Crippen LogP contribution is -2.58. The van der Waals surface area contributed by atoms with E-state index < -0.39 is 59.0 Å². The summed E-state index contributed by atoms with van der Waals surface area (Å²) in [6, 6.07) is 13.3. The van der Waals surface area contributed by atoms with Crippen LogP contribution in [0.4, 0.5) is 24.5 Å². The molecule has 0 unspecified atom stereocenters. The SMILES string of the molecule is Cc1ncc(NC(=O)c2cccc(C(F)(F)F)c2)cc1-c1cnc(OCCOCCOCCOCc2cn(CC(=O)N[C@@H](C(=O)N3C[C@H](O)C[C@H]3C(=O)N[C@@H](C)c3ccc(-c4scnc4C)cc3)C(C)(C)C)nn2)c(N2CCOCC2)c1. The fourth-order valence-corrected chi connectivity index (χ4v) is 10.1. The van der Waals surface area contributed by atoms with E-state index in [9.17, 15) is 37.5 Å². The molecule has 2 aliphatic rings. The molecule has 0 spiro atoms. The number of hydrogen-bond donors (Lipinski definition) is 4. The summed E-state index contributed by atoms with van der Waals surface area (Å²) in [4.78, 5) is 72.2. The van der Waals surface area contributed by atoms with E-state index >= 15 is 0 Å². The Morgan fingerprint density at radius 3 is 2.27 bits per heavy atom. The van der Waals surface area contributed by atoms with Gasteiger partial charge in [0.2, 0.25) is 23.6 Å². The molecule has 4 amide bonds. The molecule has 2 aromatic carbocycles. The number of morpholine rings is 1. The van der Waals surface area contributed by atoms with Crippen LogP contribution in [0.3, 0.4) is 0 Å². The number of ether oxygens (including phenoxy) is 5. The Hall–Kier alpha value is -7.42. The molecule has 0 radical (unpaired) electrons. The largest absolute Gasteiger partial charge is 0.474 e. The molecule has 4 atom stereocenters. The van der Waals surface area contributed by atoms with Gasteiger partial charge in [-0.25, -0.2) is 14.6 Å². The van der Waals surface area contributed by atoms with Crippen molar-refractivity contribution in [2.75, 3.05) is 82.7 Å². The van der Waals surface area contributed by atoms with Crippen molar-refractivity contribution in [3.63, 3.8) is 0 Å². The van der Waals surface area contributed by atoms with Crippen LogP contribution < -0.4 is 25.6 Å². The first-order chi connectivity index (χ1) is 39.2. The Balaban J connectivity index is 0.736. The number of carbonyl (C=O) groups is 4. The lowest BCUT2D eigenvalue weighted by Gasteiger charge is -2.35. The molecular formula is C57H68F3N11O10S. The number of alkyl halides is 3. The monoisotopic (exact) mass is 1160 g/mol. The number of nitrogens with one attached hydrogen (secondary N) is 3. The van der Waals surface area contributed by atoms with Gasteiger partial charge in [-0.3, -0.25) is 24.2 Å². The van der Waals surface area contributed by atoms with Crippen molar-refractivity contribution in [2.24, 2.45) is 5.41 Å². The average molecular weight is 1160 g/mol. The third kappa shape index (κ3) is 16.2. The van der Waals surface area contributed by atoms with Crippen molar-refractivity contribution in [3.05, 3.63) is 119 Å². The van der Waals surface area contributed by atoms with Gasteiger partial charge in [0, 0.05) is 54.6 Å². The van der Waals surface area contributed by atoms with Crippen LogP contribution in [0.5, 0.6) is 5.88 Å². The number of hydrogen-bond acceptors (Lipinski definition) is 17. The second kappa shape index (κ2) is 27.6. The molecule has 4 N–H and O–H groups in total. The van der Waals surface area contributed by atoms with Gasteiger partial charge in [0.1, 0.15) is 36.6 Å². The predicted octanol–water partition coefficient (Wildman–Crippen LogP) is 6.58. The molecule has 2 fully saturated rings. The lowest BCUT2D eigenvalue weighted by molar-refractivity contribution is -0.144. The Morgan fingerprint density at radius 2 is 1.57 bits per heavy atom. The van der Waals surface area contributed by atoms with Gasteiger partial charge in [0.25, 0.3) is 5.91 Å². The number of aliphatic hydroxyl groups is 1. The summed E-state index contributed by atoms with van der Waals surface area (Å²) in [5.74, 6) is -1.70. The lowest BCUT2D eigenvalue weighted by atomic mass is 9.85. The normalized spacial score (nSPS) is 16.4. The second-order valence-electron chi connectivity index (χ2n) is 21.0. The highest BCUT2D eigenvalue weighted by Crippen LogP contribution is 2.35. The second-order valence-corrected chi connectivity index (χ2v) is 21.8.